The summed E-state index contributed by atoms with van der Waals surface area (Å²) in [6.45, 7) is 0.553. The van der Waals surface area contributed by atoms with Crippen LogP contribution in [0.4, 0.5) is 13.2 Å². The second-order valence-electron chi connectivity index (χ2n) is 4.81. The Kier molecular flexibility index (Phi) is 3.64. The summed E-state index contributed by atoms with van der Waals surface area (Å²) in [7, 11) is 0. The third kappa shape index (κ3) is 2.58. The summed E-state index contributed by atoms with van der Waals surface area (Å²) in [6, 6.07) is 5.05. The molecule has 4 nitrogen and oxygen atoms in total. The van der Waals surface area contributed by atoms with E-state index in [4.69, 9.17) is 15.6 Å². The van der Waals surface area contributed by atoms with Crippen LogP contribution in [0.15, 0.2) is 18.2 Å². The molecule has 0 saturated heterocycles. The molecular weight excluding hydrogens is 275 g/mol. The molecule has 20 heavy (non-hydrogen) atoms. The lowest BCUT2D eigenvalue weighted by molar-refractivity contribution is -0.203. The van der Waals surface area contributed by atoms with E-state index >= 15 is 0 Å². The van der Waals surface area contributed by atoms with E-state index < -0.39 is 24.1 Å². The molecule has 1 aliphatic rings. The summed E-state index contributed by atoms with van der Waals surface area (Å²) in [4.78, 5) is 10.8. The topological polar surface area (TPSA) is 72.5 Å². The summed E-state index contributed by atoms with van der Waals surface area (Å²) >= 11 is 0. The number of hydrogen-bond donors (Lipinski definition) is 2. The molecule has 0 spiro atoms. The molecule has 7 heteroatoms. The minimum atomic E-state index is -4.99. The summed E-state index contributed by atoms with van der Waals surface area (Å²) < 4.78 is 43.5. The smallest absolute Gasteiger partial charge is 0.417 e. The first-order chi connectivity index (χ1) is 9.24. The first-order valence-electron chi connectivity index (χ1n) is 6.07. The van der Waals surface area contributed by atoms with E-state index in [1.807, 2.05) is 0 Å². The van der Waals surface area contributed by atoms with Gasteiger partial charge in [0.15, 0.2) is 0 Å². The number of carboxylic acids is 1. The molecule has 1 aromatic carbocycles. The molecular formula is C13H14F3NO3. The van der Waals surface area contributed by atoms with Gasteiger partial charge >= 0.3 is 12.1 Å². The van der Waals surface area contributed by atoms with Gasteiger partial charge in [0.05, 0.1) is 6.61 Å². The molecule has 0 amide bonds. The number of aryl methyl sites for hydroxylation is 1. The molecule has 0 radical (unpaired) electrons. The summed E-state index contributed by atoms with van der Waals surface area (Å²) in [5.74, 6) is -1.34. The lowest BCUT2D eigenvalue weighted by atomic mass is 9.91. The van der Waals surface area contributed by atoms with E-state index in [-0.39, 0.29) is 6.42 Å². The maximum atomic E-state index is 12.8. The third-order valence-corrected chi connectivity index (χ3v) is 3.45. The zero-order valence-electron chi connectivity index (χ0n) is 10.5. The van der Waals surface area contributed by atoms with Crippen molar-refractivity contribution in [2.45, 2.75) is 31.0 Å². The first kappa shape index (κ1) is 14.6. The number of hydrogen-bond acceptors (Lipinski definition) is 3. The highest BCUT2D eigenvalue weighted by Gasteiger charge is 2.57. The number of halogens is 3. The Hall–Kier alpha value is -1.76. The zero-order valence-corrected chi connectivity index (χ0v) is 10.5. The van der Waals surface area contributed by atoms with Gasteiger partial charge in [0, 0.05) is 6.42 Å². The van der Waals surface area contributed by atoms with Crippen LogP contribution in [0.5, 0.6) is 5.75 Å². The minimum Gasteiger partial charge on any atom is -0.493 e. The quantitative estimate of drug-likeness (QED) is 0.888. The molecule has 0 fully saturated rings. The Bertz CT molecular complexity index is 530. The van der Waals surface area contributed by atoms with Crippen LogP contribution in [0.25, 0.3) is 0 Å². The molecule has 1 heterocycles. The second-order valence-corrected chi connectivity index (χ2v) is 4.81. The highest BCUT2D eigenvalue weighted by Crippen LogP contribution is 2.33. The fourth-order valence-electron chi connectivity index (χ4n) is 2.11. The largest absolute Gasteiger partial charge is 0.493 e. The van der Waals surface area contributed by atoms with Crippen molar-refractivity contribution in [2.75, 3.05) is 6.61 Å². The fraction of sp³-hybridized carbons (Fsp3) is 0.462. The van der Waals surface area contributed by atoms with E-state index in [9.17, 15) is 18.0 Å². The van der Waals surface area contributed by atoms with Crippen LogP contribution in [0.2, 0.25) is 0 Å². The number of aliphatic carboxylic acids is 1. The third-order valence-electron chi connectivity index (χ3n) is 3.45. The van der Waals surface area contributed by atoms with Crippen LogP contribution in [-0.4, -0.2) is 29.4 Å². The predicted molar refractivity (Wildman–Crippen MR) is 64.6 cm³/mol. The van der Waals surface area contributed by atoms with Gasteiger partial charge < -0.3 is 15.6 Å². The Labute approximate surface area is 113 Å². The number of rotatable bonds is 4. The highest BCUT2D eigenvalue weighted by molar-refractivity contribution is 5.79. The van der Waals surface area contributed by atoms with Crippen LogP contribution >= 0.6 is 0 Å². The van der Waals surface area contributed by atoms with Crippen molar-refractivity contribution in [2.24, 2.45) is 5.73 Å². The molecule has 1 atom stereocenters. The summed E-state index contributed by atoms with van der Waals surface area (Å²) in [6.07, 6.45) is -5.05. The molecule has 1 aliphatic heterocycles. The van der Waals surface area contributed by atoms with Gasteiger partial charge in [-0.1, -0.05) is 12.1 Å². The summed E-state index contributed by atoms with van der Waals surface area (Å²) in [5.41, 5.74) is 3.35. The Morgan fingerprint density at radius 3 is 2.70 bits per heavy atom. The van der Waals surface area contributed by atoms with Crippen molar-refractivity contribution in [1.82, 2.24) is 0 Å². The molecule has 110 valence electrons. The molecule has 2 rings (SSSR count). The van der Waals surface area contributed by atoms with E-state index in [1.54, 1.807) is 18.2 Å². The standard InChI is InChI=1S/C13H14F3NO3/c14-13(15,16)12(17,11(18)19)5-3-8-1-2-10-9(7-8)4-6-20-10/h1-2,7H,3-6,17H2,(H,18,19). The van der Waals surface area contributed by atoms with E-state index in [1.165, 1.54) is 0 Å². The van der Waals surface area contributed by atoms with Gasteiger partial charge in [-0.2, -0.15) is 13.2 Å². The number of alkyl halides is 3. The number of ether oxygens (including phenoxy) is 1. The summed E-state index contributed by atoms with van der Waals surface area (Å²) in [5, 5.41) is 8.74. The van der Waals surface area contributed by atoms with Crippen molar-refractivity contribution >= 4 is 5.97 Å². The molecule has 1 unspecified atom stereocenters. The van der Waals surface area contributed by atoms with Crippen molar-refractivity contribution in [3.63, 3.8) is 0 Å². The van der Waals surface area contributed by atoms with Crippen LogP contribution in [-0.2, 0) is 17.6 Å². The van der Waals surface area contributed by atoms with Gasteiger partial charge in [-0.25, -0.2) is 4.79 Å². The number of benzene rings is 1. The predicted octanol–water partition coefficient (Wildman–Crippen LogP) is 1.90. The van der Waals surface area contributed by atoms with Gasteiger partial charge in [0.1, 0.15) is 5.75 Å². The normalized spacial score (nSPS) is 17.2. The monoisotopic (exact) mass is 289 g/mol. The Balaban J connectivity index is 2.12. The first-order valence-corrected chi connectivity index (χ1v) is 6.07. The fourth-order valence-corrected chi connectivity index (χ4v) is 2.11. The molecule has 0 bridgehead atoms. The molecule has 0 aliphatic carbocycles. The van der Waals surface area contributed by atoms with Crippen LogP contribution in [0.1, 0.15) is 17.5 Å². The van der Waals surface area contributed by atoms with Gasteiger partial charge in [0.25, 0.3) is 0 Å². The Morgan fingerprint density at radius 2 is 2.10 bits per heavy atom. The van der Waals surface area contributed by atoms with E-state index in [0.717, 1.165) is 11.3 Å². The van der Waals surface area contributed by atoms with Crippen LogP contribution in [0.3, 0.4) is 0 Å². The maximum absolute atomic E-state index is 12.8. The number of carbonyl (C=O) groups is 1. The van der Waals surface area contributed by atoms with Crippen molar-refractivity contribution < 1.29 is 27.8 Å². The number of carboxylic acid groups (broad SMARTS) is 1. The number of nitrogens with two attached hydrogens (primary N) is 1. The molecule has 0 saturated carbocycles. The SMILES string of the molecule is NC(CCc1ccc2c(c1)CCO2)(C(=O)O)C(F)(F)F. The van der Waals surface area contributed by atoms with Gasteiger partial charge in [-0.15, -0.1) is 0 Å². The van der Waals surface area contributed by atoms with Crippen LogP contribution in [0, 0.1) is 0 Å². The van der Waals surface area contributed by atoms with Crippen molar-refractivity contribution in [3.8, 4) is 5.75 Å². The molecule has 0 aromatic heterocycles. The van der Waals surface area contributed by atoms with E-state index in [2.05, 4.69) is 0 Å². The average Bonchev–Trinajstić information content (AvgIpc) is 2.81. The van der Waals surface area contributed by atoms with Crippen molar-refractivity contribution in [1.29, 1.82) is 0 Å². The maximum Gasteiger partial charge on any atom is 0.417 e. The minimum absolute atomic E-state index is 0.0599. The highest BCUT2D eigenvalue weighted by atomic mass is 19.4. The van der Waals surface area contributed by atoms with Crippen LogP contribution < -0.4 is 10.5 Å². The Morgan fingerprint density at radius 1 is 1.40 bits per heavy atom. The van der Waals surface area contributed by atoms with Gasteiger partial charge in [-0.05, 0) is 30.0 Å². The number of fused-ring (bicyclic) bond motifs is 1. The lowest BCUT2D eigenvalue weighted by Crippen LogP contribution is -2.59. The zero-order chi connectivity index (χ0) is 15.0. The van der Waals surface area contributed by atoms with Crippen molar-refractivity contribution in [3.05, 3.63) is 29.3 Å². The van der Waals surface area contributed by atoms with Gasteiger partial charge in [-0.3, -0.25) is 0 Å². The molecule has 3 N–H and O–H groups in total. The van der Waals surface area contributed by atoms with Gasteiger partial charge in [0.2, 0.25) is 5.54 Å². The lowest BCUT2D eigenvalue weighted by Gasteiger charge is -2.27. The van der Waals surface area contributed by atoms with E-state index in [0.29, 0.717) is 18.6 Å². The average molecular weight is 289 g/mol. The molecule has 1 aromatic rings. The second kappa shape index (κ2) is 4.97.